The predicted molar refractivity (Wildman–Crippen MR) is 82.8 cm³/mol. The van der Waals surface area contributed by atoms with Crippen LogP contribution in [0.15, 0.2) is 24.3 Å². The van der Waals surface area contributed by atoms with Crippen molar-refractivity contribution in [2.75, 3.05) is 11.4 Å². The highest BCUT2D eigenvalue weighted by Crippen LogP contribution is 2.23. The molecule has 0 radical (unpaired) electrons. The molecule has 1 aromatic carbocycles. The molecule has 1 fully saturated rings. The molecule has 0 saturated carbocycles. The lowest BCUT2D eigenvalue weighted by molar-refractivity contribution is -0.121. The van der Waals surface area contributed by atoms with Gasteiger partial charge in [0.2, 0.25) is 5.91 Å². The molecule has 4 heteroatoms. The molecule has 1 amide bonds. The van der Waals surface area contributed by atoms with Crippen LogP contribution in [0.5, 0.6) is 0 Å². The third-order valence-electron chi connectivity index (χ3n) is 3.09. The molecular formula is C14H19IN2O. The summed E-state index contributed by atoms with van der Waals surface area (Å²) in [7, 11) is 0. The number of carbonyl (C=O) groups excluding carboxylic acids is 1. The van der Waals surface area contributed by atoms with Gasteiger partial charge in [0.05, 0.1) is 6.04 Å². The van der Waals surface area contributed by atoms with Gasteiger partial charge in [0.15, 0.2) is 0 Å². The standard InChI is InChI=1S/C14H19IN2O/c1-10(2)16-13-7-4-8-17(14(13)18)12-6-3-5-11(15)9-12/h3,5-6,9-10,13,16H,4,7-8H2,1-2H3. The van der Waals surface area contributed by atoms with E-state index in [0.717, 1.165) is 28.6 Å². The SMILES string of the molecule is CC(C)NC1CCCN(c2cccc(I)c2)C1=O. The highest BCUT2D eigenvalue weighted by molar-refractivity contribution is 14.1. The van der Waals surface area contributed by atoms with E-state index in [-0.39, 0.29) is 11.9 Å². The number of hydrogen-bond acceptors (Lipinski definition) is 2. The number of anilines is 1. The fourth-order valence-corrected chi connectivity index (χ4v) is 2.86. The van der Waals surface area contributed by atoms with E-state index in [2.05, 4.69) is 47.8 Å². The minimum absolute atomic E-state index is 0.0309. The van der Waals surface area contributed by atoms with Crippen molar-refractivity contribution in [1.29, 1.82) is 0 Å². The average molecular weight is 358 g/mol. The summed E-state index contributed by atoms with van der Waals surface area (Å²) in [6.45, 7) is 4.99. The van der Waals surface area contributed by atoms with Crippen LogP contribution in [0.2, 0.25) is 0 Å². The lowest BCUT2D eigenvalue weighted by Gasteiger charge is -2.33. The molecule has 1 aromatic rings. The first-order chi connectivity index (χ1) is 8.58. The van der Waals surface area contributed by atoms with Crippen LogP contribution in [-0.4, -0.2) is 24.5 Å². The molecule has 0 aliphatic carbocycles. The van der Waals surface area contributed by atoms with Crippen molar-refractivity contribution < 1.29 is 4.79 Å². The van der Waals surface area contributed by atoms with E-state index in [4.69, 9.17) is 0 Å². The summed E-state index contributed by atoms with van der Waals surface area (Å²) in [5.74, 6) is 0.206. The highest BCUT2D eigenvalue weighted by Gasteiger charge is 2.29. The number of rotatable bonds is 3. The van der Waals surface area contributed by atoms with Gasteiger partial charge in [-0.2, -0.15) is 0 Å². The average Bonchev–Trinajstić information content (AvgIpc) is 2.31. The van der Waals surface area contributed by atoms with Gasteiger partial charge in [0.1, 0.15) is 0 Å². The van der Waals surface area contributed by atoms with E-state index in [1.165, 1.54) is 0 Å². The van der Waals surface area contributed by atoms with Gasteiger partial charge in [-0.1, -0.05) is 19.9 Å². The van der Waals surface area contributed by atoms with Crippen LogP contribution in [0, 0.1) is 3.57 Å². The molecule has 2 rings (SSSR count). The molecule has 1 heterocycles. The van der Waals surface area contributed by atoms with E-state index in [9.17, 15) is 4.79 Å². The Balaban J connectivity index is 2.16. The van der Waals surface area contributed by atoms with E-state index in [0.29, 0.717) is 6.04 Å². The molecule has 0 spiro atoms. The van der Waals surface area contributed by atoms with Crippen LogP contribution in [0.4, 0.5) is 5.69 Å². The first kappa shape index (κ1) is 13.8. The fourth-order valence-electron chi connectivity index (χ4n) is 2.33. The van der Waals surface area contributed by atoms with Crippen LogP contribution in [0.1, 0.15) is 26.7 Å². The molecule has 3 nitrogen and oxygen atoms in total. The van der Waals surface area contributed by atoms with Crippen molar-refractivity contribution >= 4 is 34.2 Å². The normalized spacial score (nSPS) is 20.6. The van der Waals surface area contributed by atoms with Crippen LogP contribution >= 0.6 is 22.6 Å². The molecule has 1 unspecified atom stereocenters. The van der Waals surface area contributed by atoms with Crippen molar-refractivity contribution in [3.63, 3.8) is 0 Å². The molecule has 98 valence electrons. The Hall–Kier alpha value is -0.620. The molecule has 0 aromatic heterocycles. The van der Waals surface area contributed by atoms with Crippen molar-refractivity contribution in [2.45, 2.75) is 38.8 Å². The number of nitrogens with zero attached hydrogens (tertiary/aromatic N) is 1. The van der Waals surface area contributed by atoms with Crippen LogP contribution in [-0.2, 0) is 4.79 Å². The lowest BCUT2D eigenvalue weighted by atomic mass is 10.0. The molecule has 1 aliphatic heterocycles. The summed E-state index contributed by atoms with van der Waals surface area (Å²) in [5, 5.41) is 3.35. The topological polar surface area (TPSA) is 32.3 Å². The molecule has 0 bridgehead atoms. The van der Waals surface area contributed by atoms with E-state index in [1.54, 1.807) is 0 Å². The molecule has 1 saturated heterocycles. The summed E-state index contributed by atoms with van der Waals surface area (Å²) >= 11 is 2.28. The largest absolute Gasteiger partial charge is 0.311 e. The van der Waals surface area contributed by atoms with Gasteiger partial charge in [-0.15, -0.1) is 0 Å². The highest BCUT2D eigenvalue weighted by atomic mass is 127. The van der Waals surface area contributed by atoms with Crippen molar-refractivity contribution in [3.05, 3.63) is 27.8 Å². The second-order valence-electron chi connectivity index (χ2n) is 4.99. The Morgan fingerprint density at radius 3 is 2.89 bits per heavy atom. The van der Waals surface area contributed by atoms with E-state index >= 15 is 0 Å². The van der Waals surface area contributed by atoms with E-state index in [1.807, 2.05) is 23.1 Å². The number of amides is 1. The smallest absolute Gasteiger partial charge is 0.244 e. The lowest BCUT2D eigenvalue weighted by Crippen LogP contribution is -2.52. The molecule has 1 atom stereocenters. The summed E-state index contributed by atoms with van der Waals surface area (Å²) in [6, 6.07) is 8.44. The second kappa shape index (κ2) is 6.02. The molecular weight excluding hydrogens is 339 g/mol. The number of carbonyl (C=O) groups is 1. The summed E-state index contributed by atoms with van der Waals surface area (Å²) in [6.07, 6.45) is 2.00. The first-order valence-electron chi connectivity index (χ1n) is 6.41. The molecule has 1 aliphatic rings. The van der Waals surface area contributed by atoms with Crippen molar-refractivity contribution in [3.8, 4) is 0 Å². The number of piperidine rings is 1. The van der Waals surface area contributed by atoms with Gasteiger partial charge in [-0.05, 0) is 53.6 Å². The number of halogens is 1. The third-order valence-corrected chi connectivity index (χ3v) is 3.76. The van der Waals surface area contributed by atoms with Crippen LogP contribution in [0.3, 0.4) is 0 Å². The Bertz CT molecular complexity index is 434. The summed E-state index contributed by atoms with van der Waals surface area (Å²) in [5.41, 5.74) is 1.02. The first-order valence-corrected chi connectivity index (χ1v) is 7.49. The summed E-state index contributed by atoms with van der Waals surface area (Å²) < 4.78 is 1.16. The Kier molecular flexibility index (Phi) is 4.61. The Morgan fingerprint density at radius 1 is 1.44 bits per heavy atom. The maximum absolute atomic E-state index is 12.4. The predicted octanol–water partition coefficient (Wildman–Crippen LogP) is 2.78. The number of benzene rings is 1. The second-order valence-corrected chi connectivity index (χ2v) is 6.23. The summed E-state index contributed by atoms with van der Waals surface area (Å²) in [4.78, 5) is 14.3. The fraction of sp³-hybridized carbons (Fsp3) is 0.500. The Labute approximate surface area is 122 Å². The van der Waals surface area contributed by atoms with Gasteiger partial charge in [-0.25, -0.2) is 0 Å². The third kappa shape index (κ3) is 3.23. The maximum Gasteiger partial charge on any atom is 0.244 e. The van der Waals surface area contributed by atoms with Crippen molar-refractivity contribution in [2.24, 2.45) is 0 Å². The van der Waals surface area contributed by atoms with Crippen LogP contribution in [0.25, 0.3) is 0 Å². The molecule has 1 N–H and O–H groups in total. The van der Waals surface area contributed by atoms with Crippen molar-refractivity contribution in [1.82, 2.24) is 5.32 Å². The van der Waals surface area contributed by atoms with Gasteiger partial charge < -0.3 is 10.2 Å². The van der Waals surface area contributed by atoms with Gasteiger partial charge in [-0.3, -0.25) is 4.79 Å². The van der Waals surface area contributed by atoms with Gasteiger partial charge in [0, 0.05) is 21.8 Å². The monoisotopic (exact) mass is 358 g/mol. The zero-order valence-electron chi connectivity index (χ0n) is 10.8. The number of nitrogens with one attached hydrogen (secondary N) is 1. The van der Waals surface area contributed by atoms with Crippen LogP contribution < -0.4 is 10.2 Å². The zero-order chi connectivity index (χ0) is 13.1. The zero-order valence-corrected chi connectivity index (χ0v) is 13.0. The van der Waals surface area contributed by atoms with Gasteiger partial charge in [0.25, 0.3) is 0 Å². The Morgan fingerprint density at radius 2 is 2.22 bits per heavy atom. The van der Waals surface area contributed by atoms with E-state index < -0.39 is 0 Å². The molecule has 18 heavy (non-hydrogen) atoms. The number of hydrogen-bond donors (Lipinski definition) is 1. The minimum atomic E-state index is -0.0309. The maximum atomic E-state index is 12.4. The van der Waals surface area contributed by atoms with Gasteiger partial charge >= 0.3 is 0 Å². The quantitative estimate of drug-likeness (QED) is 0.843. The minimum Gasteiger partial charge on any atom is -0.311 e.